The predicted molar refractivity (Wildman–Crippen MR) is 90.9 cm³/mol. The molecular formula is C16H27ClN2O3. The van der Waals surface area contributed by atoms with Crippen molar-refractivity contribution in [2.45, 2.75) is 13.8 Å². The molecule has 22 heavy (non-hydrogen) atoms. The van der Waals surface area contributed by atoms with Gasteiger partial charge in [-0.1, -0.05) is 26.0 Å². The Kier molecular flexibility index (Phi) is 9.09. The smallest absolute Gasteiger partial charge is 0.257 e. The van der Waals surface area contributed by atoms with Gasteiger partial charge < -0.3 is 20.1 Å². The molecule has 0 spiro atoms. The molecule has 0 heterocycles. The monoisotopic (exact) mass is 330 g/mol. The molecule has 0 bridgehead atoms. The Morgan fingerprint density at radius 1 is 1.27 bits per heavy atom. The molecule has 1 aromatic rings. The zero-order valence-electron chi connectivity index (χ0n) is 13.8. The van der Waals surface area contributed by atoms with Crippen molar-refractivity contribution < 1.29 is 14.3 Å². The van der Waals surface area contributed by atoms with Gasteiger partial charge in [0.1, 0.15) is 12.4 Å². The van der Waals surface area contributed by atoms with Gasteiger partial charge in [0.25, 0.3) is 5.91 Å². The van der Waals surface area contributed by atoms with Gasteiger partial charge >= 0.3 is 0 Å². The van der Waals surface area contributed by atoms with E-state index < -0.39 is 0 Å². The van der Waals surface area contributed by atoms with Crippen molar-refractivity contribution >= 4 is 18.3 Å². The zero-order valence-corrected chi connectivity index (χ0v) is 14.6. The van der Waals surface area contributed by atoms with Crippen LogP contribution in [-0.4, -0.2) is 51.3 Å². The predicted octanol–water partition coefficient (Wildman–Crippen LogP) is 2.19. The molecule has 126 valence electrons. The van der Waals surface area contributed by atoms with Crippen LogP contribution in [0, 0.1) is 5.41 Å². The lowest BCUT2D eigenvalue weighted by atomic mass is 9.93. The minimum Gasteiger partial charge on any atom is -0.490 e. The molecule has 0 aliphatic rings. The van der Waals surface area contributed by atoms with Crippen LogP contribution in [0.2, 0.25) is 0 Å². The Bertz CT molecular complexity index is 466. The lowest BCUT2D eigenvalue weighted by Crippen LogP contribution is -2.39. The Labute approximate surface area is 139 Å². The fourth-order valence-electron chi connectivity index (χ4n) is 1.99. The first-order valence-corrected chi connectivity index (χ1v) is 7.07. The standard InChI is InChI=1S/C16H26N2O3.ClH/c1-16(2,11-17)12-18(3)15(19)13-7-5-6-8-14(13)21-10-9-20-4;/h5-8H,9-12,17H2,1-4H3;1H. The van der Waals surface area contributed by atoms with E-state index in [0.717, 1.165) is 0 Å². The highest BCUT2D eigenvalue weighted by atomic mass is 35.5. The number of ether oxygens (including phenoxy) is 2. The minimum absolute atomic E-state index is 0. The van der Waals surface area contributed by atoms with Crippen LogP contribution < -0.4 is 10.5 Å². The van der Waals surface area contributed by atoms with Gasteiger partial charge in [-0.05, 0) is 24.1 Å². The highest BCUT2D eigenvalue weighted by molar-refractivity contribution is 5.96. The number of hydrogen-bond acceptors (Lipinski definition) is 4. The topological polar surface area (TPSA) is 64.8 Å². The van der Waals surface area contributed by atoms with E-state index in [9.17, 15) is 4.79 Å². The van der Waals surface area contributed by atoms with Crippen molar-refractivity contribution in [2.24, 2.45) is 11.1 Å². The highest BCUT2D eigenvalue weighted by Gasteiger charge is 2.23. The molecule has 2 N–H and O–H groups in total. The first-order chi connectivity index (χ1) is 9.91. The van der Waals surface area contributed by atoms with E-state index in [-0.39, 0.29) is 23.7 Å². The molecule has 0 unspecified atom stereocenters. The van der Waals surface area contributed by atoms with Crippen molar-refractivity contribution in [3.63, 3.8) is 0 Å². The Hall–Kier alpha value is -1.30. The molecule has 0 radical (unpaired) electrons. The maximum Gasteiger partial charge on any atom is 0.257 e. The van der Waals surface area contributed by atoms with Gasteiger partial charge in [0, 0.05) is 20.7 Å². The lowest BCUT2D eigenvalue weighted by Gasteiger charge is -2.29. The van der Waals surface area contributed by atoms with Gasteiger partial charge in [0.2, 0.25) is 0 Å². The number of para-hydroxylation sites is 1. The summed E-state index contributed by atoms with van der Waals surface area (Å²) < 4.78 is 10.6. The molecule has 0 aliphatic heterocycles. The molecule has 0 aromatic heterocycles. The maximum atomic E-state index is 12.6. The van der Waals surface area contributed by atoms with Crippen LogP contribution in [-0.2, 0) is 4.74 Å². The summed E-state index contributed by atoms with van der Waals surface area (Å²) in [6, 6.07) is 7.25. The fraction of sp³-hybridized carbons (Fsp3) is 0.562. The fourth-order valence-corrected chi connectivity index (χ4v) is 1.99. The second-order valence-electron chi connectivity index (χ2n) is 5.87. The quantitative estimate of drug-likeness (QED) is 0.742. The molecule has 0 saturated heterocycles. The molecule has 0 atom stereocenters. The highest BCUT2D eigenvalue weighted by Crippen LogP contribution is 2.21. The number of hydrogen-bond donors (Lipinski definition) is 1. The van der Waals surface area contributed by atoms with Crippen molar-refractivity contribution in [1.29, 1.82) is 0 Å². The average Bonchev–Trinajstić information content (AvgIpc) is 2.47. The number of methoxy groups -OCH3 is 1. The number of halogens is 1. The summed E-state index contributed by atoms with van der Waals surface area (Å²) >= 11 is 0. The Morgan fingerprint density at radius 2 is 1.91 bits per heavy atom. The summed E-state index contributed by atoms with van der Waals surface area (Å²) in [5.41, 5.74) is 6.17. The van der Waals surface area contributed by atoms with Crippen molar-refractivity contribution in [3.8, 4) is 5.75 Å². The van der Waals surface area contributed by atoms with E-state index in [1.807, 2.05) is 26.0 Å². The van der Waals surface area contributed by atoms with E-state index in [4.69, 9.17) is 15.2 Å². The third kappa shape index (κ3) is 6.22. The van der Waals surface area contributed by atoms with Gasteiger partial charge in [0.15, 0.2) is 0 Å². The Morgan fingerprint density at radius 3 is 2.50 bits per heavy atom. The van der Waals surface area contributed by atoms with Crippen molar-refractivity contribution in [3.05, 3.63) is 29.8 Å². The summed E-state index contributed by atoms with van der Waals surface area (Å²) in [5.74, 6) is 0.515. The van der Waals surface area contributed by atoms with Gasteiger partial charge in [-0.25, -0.2) is 0 Å². The van der Waals surface area contributed by atoms with E-state index in [2.05, 4.69) is 0 Å². The Balaban J connectivity index is 0.00000441. The summed E-state index contributed by atoms with van der Waals surface area (Å²) in [6.07, 6.45) is 0. The van der Waals surface area contributed by atoms with Crippen LogP contribution in [0.1, 0.15) is 24.2 Å². The largest absolute Gasteiger partial charge is 0.490 e. The van der Waals surface area contributed by atoms with E-state index >= 15 is 0 Å². The normalized spacial score (nSPS) is 10.8. The molecule has 6 heteroatoms. The van der Waals surface area contributed by atoms with E-state index in [1.165, 1.54) is 0 Å². The number of nitrogens with zero attached hydrogens (tertiary/aromatic N) is 1. The molecule has 0 saturated carbocycles. The van der Waals surface area contributed by atoms with E-state index in [1.54, 1.807) is 31.2 Å². The molecule has 0 aliphatic carbocycles. The first kappa shape index (κ1) is 20.7. The van der Waals surface area contributed by atoms with Crippen molar-refractivity contribution in [1.82, 2.24) is 4.90 Å². The molecule has 1 amide bonds. The number of rotatable bonds is 8. The molecule has 1 aromatic carbocycles. The number of carbonyl (C=O) groups excluding carboxylic acids is 1. The third-order valence-electron chi connectivity index (χ3n) is 3.23. The van der Waals surface area contributed by atoms with Crippen LogP contribution in [0.4, 0.5) is 0 Å². The molecule has 0 fully saturated rings. The lowest BCUT2D eigenvalue weighted by molar-refractivity contribution is 0.0733. The van der Waals surface area contributed by atoms with E-state index in [0.29, 0.717) is 37.6 Å². The van der Waals surface area contributed by atoms with Crippen LogP contribution in [0.15, 0.2) is 24.3 Å². The van der Waals surface area contributed by atoms with Gasteiger partial charge in [-0.15, -0.1) is 12.4 Å². The number of amides is 1. The second kappa shape index (κ2) is 9.66. The van der Waals surface area contributed by atoms with Gasteiger partial charge in [-0.3, -0.25) is 4.79 Å². The van der Waals surface area contributed by atoms with Crippen molar-refractivity contribution in [2.75, 3.05) is 40.5 Å². The number of nitrogens with two attached hydrogens (primary N) is 1. The molecule has 1 rings (SSSR count). The minimum atomic E-state index is -0.115. The summed E-state index contributed by atoms with van der Waals surface area (Å²) in [5, 5.41) is 0. The number of carbonyl (C=O) groups is 1. The molecular weight excluding hydrogens is 304 g/mol. The summed E-state index contributed by atoms with van der Waals surface area (Å²) in [4.78, 5) is 14.3. The van der Waals surface area contributed by atoms with Crippen LogP contribution in [0.25, 0.3) is 0 Å². The average molecular weight is 331 g/mol. The zero-order chi connectivity index (χ0) is 15.9. The molecule has 5 nitrogen and oxygen atoms in total. The third-order valence-corrected chi connectivity index (χ3v) is 3.23. The number of benzene rings is 1. The van der Waals surface area contributed by atoms with Crippen LogP contribution >= 0.6 is 12.4 Å². The van der Waals surface area contributed by atoms with Crippen LogP contribution in [0.3, 0.4) is 0 Å². The second-order valence-corrected chi connectivity index (χ2v) is 5.87. The van der Waals surface area contributed by atoms with Crippen LogP contribution in [0.5, 0.6) is 5.75 Å². The van der Waals surface area contributed by atoms with Gasteiger partial charge in [0.05, 0.1) is 12.2 Å². The summed E-state index contributed by atoms with van der Waals surface area (Å²) in [7, 11) is 3.40. The maximum absolute atomic E-state index is 12.6. The van der Waals surface area contributed by atoms with Gasteiger partial charge in [-0.2, -0.15) is 0 Å². The SMILES string of the molecule is COCCOc1ccccc1C(=O)N(C)CC(C)(C)CN.Cl. The first-order valence-electron chi connectivity index (χ1n) is 7.07. The summed E-state index contributed by atoms with van der Waals surface area (Å²) in [6.45, 7) is 6.10.